The number of rotatable bonds is 3. The lowest BCUT2D eigenvalue weighted by atomic mass is 10.2. The molecule has 0 aliphatic heterocycles. The lowest BCUT2D eigenvalue weighted by Gasteiger charge is -2.08. The molecule has 4 nitrogen and oxygen atoms in total. The summed E-state index contributed by atoms with van der Waals surface area (Å²) in [6, 6.07) is 6.56. The first-order valence-electron chi connectivity index (χ1n) is 4.38. The summed E-state index contributed by atoms with van der Waals surface area (Å²) in [6.45, 7) is 1.89. The SMILES string of the molecule is CSC(=S)NNS(=O)(=O)c1ccc(C)cc1. The average Bonchev–Trinajstić information content (AvgIpc) is 2.26. The quantitative estimate of drug-likeness (QED) is 0.646. The van der Waals surface area contributed by atoms with Gasteiger partial charge in [-0.1, -0.05) is 41.7 Å². The zero-order valence-corrected chi connectivity index (χ0v) is 11.3. The van der Waals surface area contributed by atoms with Gasteiger partial charge in [-0.25, -0.2) is 8.42 Å². The molecule has 0 aliphatic carbocycles. The molecule has 0 bridgehead atoms. The number of hydrazine groups is 1. The van der Waals surface area contributed by atoms with E-state index in [0.717, 1.165) is 5.56 Å². The maximum atomic E-state index is 11.7. The van der Waals surface area contributed by atoms with E-state index in [0.29, 0.717) is 4.32 Å². The van der Waals surface area contributed by atoms with Gasteiger partial charge in [0, 0.05) is 0 Å². The van der Waals surface area contributed by atoms with Crippen LogP contribution in [0.1, 0.15) is 5.56 Å². The molecule has 0 aliphatic rings. The van der Waals surface area contributed by atoms with Crippen LogP contribution in [0.25, 0.3) is 0 Å². The first-order valence-corrected chi connectivity index (χ1v) is 7.50. The fraction of sp³-hybridized carbons (Fsp3) is 0.222. The van der Waals surface area contributed by atoms with Crippen LogP contribution in [0.4, 0.5) is 0 Å². The Kier molecular flexibility index (Phi) is 4.72. The van der Waals surface area contributed by atoms with Crippen LogP contribution in [-0.2, 0) is 10.0 Å². The molecule has 0 atom stereocenters. The van der Waals surface area contributed by atoms with Gasteiger partial charge in [-0.15, -0.1) is 4.83 Å². The van der Waals surface area contributed by atoms with Crippen LogP contribution in [0.3, 0.4) is 0 Å². The second-order valence-electron chi connectivity index (χ2n) is 3.04. The minimum atomic E-state index is -3.54. The Balaban J connectivity index is 2.78. The molecule has 1 aromatic carbocycles. The number of nitrogens with one attached hydrogen (secondary N) is 2. The van der Waals surface area contributed by atoms with Gasteiger partial charge >= 0.3 is 0 Å². The maximum absolute atomic E-state index is 11.7. The van der Waals surface area contributed by atoms with Crippen LogP contribution in [0.15, 0.2) is 29.2 Å². The van der Waals surface area contributed by atoms with Gasteiger partial charge in [0.15, 0.2) is 0 Å². The van der Waals surface area contributed by atoms with Crippen LogP contribution in [0.2, 0.25) is 0 Å². The molecular weight excluding hydrogens is 264 g/mol. The highest BCUT2D eigenvalue weighted by molar-refractivity contribution is 8.22. The van der Waals surface area contributed by atoms with Gasteiger partial charge in [-0.3, -0.25) is 5.43 Å². The van der Waals surface area contributed by atoms with E-state index in [2.05, 4.69) is 10.3 Å². The summed E-state index contributed by atoms with van der Waals surface area (Å²) in [5.74, 6) is 0. The standard InChI is InChI=1S/C9H12N2O2S3/c1-7-3-5-8(6-4-7)16(12,13)11-10-9(14)15-2/h3-6,11H,1-2H3,(H,10,14). The summed E-state index contributed by atoms with van der Waals surface area (Å²) >= 11 is 6.08. The predicted octanol–water partition coefficient (Wildman–Crippen LogP) is 1.43. The molecule has 1 rings (SSSR count). The Hall–Kier alpha value is -0.630. The first-order chi connectivity index (χ1) is 7.45. The van der Waals surface area contributed by atoms with E-state index >= 15 is 0 Å². The van der Waals surface area contributed by atoms with Crippen LogP contribution in [0, 0.1) is 6.92 Å². The molecule has 0 amide bonds. The molecule has 0 aromatic heterocycles. The van der Waals surface area contributed by atoms with E-state index in [-0.39, 0.29) is 4.90 Å². The largest absolute Gasteiger partial charge is 0.293 e. The fourth-order valence-electron chi connectivity index (χ4n) is 0.936. The third-order valence-corrected chi connectivity index (χ3v) is 4.14. The zero-order valence-electron chi connectivity index (χ0n) is 8.85. The highest BCUT2D eigenvalue weighted by Crippen LogP contribution is 2.09. The van der Waals surface area contributed by atoms with E-state index in [1.165, 1.54) is 11.8 Å². The molecule has 0 spiro atoms. The highest BCUT2D eigenvalue weighted by atomic mass is 32.2. The van der Waals surface area contributed by atoms with Gasteiger partial charge in [-0.05, 0) is 25.3 Å². The molecule has 1 aromatic rings. The van der Waals surface area contributed by atoms with E-state index in [1.54, 1.807) is 30.5 Å². The second kappa shape index (κ2) is 5.62. The van der Waals surface area contributed by atoms with E-state index in [1.807, 2.05) is 6.92 Å². The van der Waals surface area contributed by atoms with Crippen molar-refractivity contribution >= 4 is 38.3 Å². The van der Waals surface area contributed by atoms with Crippen LogP contribution >= 0.6 is 24.0 Å². The number of thioether (sulfide) groups is 1. The van der Waals surface area contributed by atoms with Crippen molar-refractivity contribution in [1.82, 2.24) is 10.3 Å². The van der Waals surface area contributed by atoms with E-state index < -0.39 is 10.0 Å². The van der Waals surface area contributed by atoms with Crippen molar-refractivity contribution in [2.75, 3.05) is 6.26 Å². The Bertz CT molecular complexity index is 468. The minimum Gasteiger partial charge on any atom is -0.293 e. The number of hydrogen-bond donors (Lipinski definition) is 2. The summed E-state index contributed by atoms with van der Waals surface area (Å²) in [7, 11) is -3.54. The smallest absolute Gasteiger partial charge is 0.257 e. The first kappa shape index (κ1) is 13.4. The molecule has 7 heteroatoms. The van der Waals surface area contributed by atoms with E-state index in [9.17, 15) is 8.42 Å². The lowest BCUT2D eigenvalue weighted by Crippen LogP contribution is -2.39. The molecule has 0 heterocycles. The average molecular weight is 276 g/mol. The lowest BCUT2D eigenvalue weighted by molar-refractivity contribution is 0.578. The Morgan fingerprint density at radius 2 is 1.88 bits per heavy atom. The van der Waals surface area contributed by atoms with Gasteiger partial charge in [-0.2, -0.15) is 0 Å². The van der Waals surface area contributed by atoms with Crippen LogP contribution in [-0.4, -0.2) is 19.0 Å². The van der Waals surface area contributed by atoms with Gasteiger partial charge in [0.25, 0.3) is 10.0 Å². The van der Waals surface area contributed by atoms with Gasteiger partial charge < -0.3 is 0 Å². The molecule has 16 heavy (non-hydrogen) atoms. The molecule has 0 fully saturated rings. The highest BCUT2D eigenvalue weighted by Gasteiger charge is 2.13. The Morgan fingerprint density at radius 3 is 2.38 bits per heavy atom. The van der Waals surface area contributed by atoms with Crippen molar-refractivity contribution in [2.45, 2.75) is 11.8 Å². The number of sulfonamides is 1. The van der Waals surface area contributed by atoms with Crippen LogP contribution < -0.4 is 10.3 Å². The molecular formula is C9H12N2O2S3. The number of thiocarbonyl (C=S) groups is 1. The van der Waals surface area contributed by atoms with Gasteiger partial charge in [0.2, 0.25) is 0 Å². The molecule has 0 radical (unpaired) electrons. The monoisotopic (exact) mass is 276 g/mol. The summed E-state index contributed by atoms with van der Waals surface area (Å²) in [6.07, 6.45) is 1.76. The zero-order chi connectivity index (χ0) is 12.2. The molecule has 2 N–H and O–H groups in total. The van der Waals surface area contributed by atoms with Crippen molar-refractivity contribution in [3.63, 3.8) is 0 Å². The number of aryl methyl sites for hydroxylation is 1. The fourth-order valence-corrected chi connectivity index (χ4v) is 2.12. The molecule has 88 valence electrons. The van der Waals surface area contributed by atoms with E-state index in [4.69, 9.17) is 12.2 Å². The van der Waals surface area contributed by atoms with Crippen molar-refractivity contribution in [1.29, 1.82) is 0 Å². The van der Waals surface area contributed by atoms with Crippen LogP contribution in [0.5, 0.6) is 0 Å². The summed E-state index contributed by atoms with van der Waals surface area (Å²) in [5, 5.41) is 0. The number of benzene rings is 1. The van der Waals surface area contributed by atoms with Crippen molar-refractivity contribution in [2.24, 2.45) is 0 Å². The van der Waals surface area contributed by atoms with Gasteiger partial charge in [0.05, 0.1) is 4.90 Å². The van der Waals surface area contributed by atoms with Crippen molar-refractivity contribution in [3.8, 4) is 0 Å². The summed E-state index contributed by atoms with van der Waals surface area (Å²) in [4.78, 5) is 2.41. The molecule has 0 unspecified atom stereocenters. The topological polar surface area (TPSA) is 58.2 Å². The second-order valence-corrected chi connectivity index (χ2v) is 6.20. The van der Waals surface area contributed by atoms with Crippen molar-refractivity contribution in [3.05, 3.63) is 29.8 Å². The third kappa shape index (κ3) is 3.75. The summed E-state index contributed by atoms with van der Waals surface area (Å²) < 4.78 is 23.8. The van der Waals surface area contributed by atoms with Gasteiger partial charge in [0.1, 0.15) is 4.32 Å². The Labute approximate surface area is 105 Å². The predicted molar refractivity (Wildman–Crippen MR) is 70.7 cm³/mol. The van der Waals surface area contributed by atoms with Crippen molar-refractivity contribution < 1.29 is 8.42 Å². The minimum absolute atomic E-state index is 0.203. The normalized spacial score (nSPS) is 11.1. The molecule has 0 saturated carbocycles. The Morgan fingerprint density at radius 1 is 1.31 bits per heavy atom. The third-order valence-electron chi connectivity index (χ3n) is 1.80. The molecule has 0 saturated heterocycles. The summed E-state index contributed by atoms with van der Waals surface area (Å²) in [5.41, 5.74) is 3.45. The number of hydrogen-bond acceptors (Lipinski definition) is 4. The maximum Gasteiger partial charge on any atom is 0.257 e.